The van der Waals surface area contributed by atoms with Crippen LogP contribution in [0.1, 0.15) is 11.1 Å². The van der Waals surface area contributed by atoms with Crippen molar-refractivity contribution in [2.24, 2.45) is 5.10 Å². The van der Waals surface area contributed by atoms with Gasteiger partial charge in [-0.25, -0.2) is 5.43 Å². The lowest BCUT2D eigenvalue weighted by molar-refractivity contribution is -0.123. The van der Waals surface area contributed by atoms with Gasteiger partial charge in [0.15, 0.2) is 11.5 Å². The van der Waals surface area contributed by atoms with Crippen molar-refractivity contribution in [1.29, 1.82) is 0 Å². The zero-order valence-corrected chi connectivity index (χ0v) is 13.8. The molecule has 0 fully saturated rings. The Bertz CT molecular complexity index is 847. The number of fused-ring (bicyclic) bond motifs is 1. The Hall–Kier alpha value is -3.61. The third-order valence-corrected chi connectivity index (χ3v) is 3.45. The van der Waals surface area contributed by atoms with Gasteiger partial charge in [-0.2, -0.15) is 5.10 Å². The first-order valence-electron chi connectivity index (χ1n) is 7.93. The van der Waals surface area contributed by atoms with Crippen molar-refractivity contribution in [2.75, 3.05) is 13.3 Å². The number of rotatable bonds is 6. The summed E-state index contributed by atoms with van der Waals surface area (Å²) >= 11 is 0. The molecule has 7 nitrogen and oxygen atoms in total. The van der Waals surface area contributed by atoms with E-state index in [1.807, 2.05) is 30.3 Å². The minimum Gasteiger partial charge on any atom is -0.454 e. The summed E-state index contributed by atoms with van der Waals surface area (Å²) in [4.78, 5) is 23.4. The van der Waals surface area contributed by atoms with Crippen LogP contribution in [0.3, 0.4) is 0 Å². The number of ether oxygens (including phenoxy) is 2. The minimum atomic E-state index is -0.427. The van der Waals surface area contributed by atoms with Crippen molar-refractivity contribution < 1.29 is 19.1 Å². The molecule has 2 aromatic carbocycles. The van der Waals surface area contributed by atoms with Gasteiger partial charge in [-0.1, -0.05) is 30.3 Å². The molecule has 0 radical (unpaired) electrons. The Morgan fingerprint density at radius 3 is 2.69 bits per heavy atom. The molecule has 0 saturated heterocycles. The van der Waals surface area contributed by atoms with Crippen LogP contribution in [0.4, 0.5) is 0 Å². The van der Waals surface area contributed by atoms with E-state index >= 15 is 0 Å². The normalized spacial score (nSPS) is 12.5. The first-order valence-corrected chi connectivity index (χ1v) is 7.93. The van der Waals surface area contributed by atoms with Crippen LogP contribution in [0, 0.1) is 0 Å². The molecular weight excluding hydrogens is 334 g/mol. The van der Waals surface area contributed by atoms with Crippen LogP contribution in [-0.4, -0.2) is 31.4 Å². The van der Waals surface area contributed by atoms with Crippen molar-refractivity contribution in [1.82, 2.24) is 10.7 Å². The molecule has 2 N–H and O–H groups in total. The van der Waals surface area contributed by atoms with Crippen molar-refractivity contribution in [2.45, 2.75) is 0 Å². The standard InChI is InChI=1S/C19H17N3O4/c23-18(9-7-14-4-2-1-3-5-14)20-12-19(24)22-21-11-15-6-8-16-17(10-15)26-13-25-16/h1-11H,12-13H2,(H,20,23)(H,22,24)/b9-7+,21-11+. The number of nitrogens with zero attached hydrogens (tertiary/aromatic N) is 1. The summed E-state index contributed by atoms with van der Waals surface area (Å²) in [7, 11) is 0. The quantitative estimate of drug-likeness (QED) is 0.471. The highest BCUT2D eigenvalue weighted by Gasteiger charge is 2.12. The number of hydrazone groups is 1. The Kier molecular flexibility index (Phi) is 5.61. The predicted octanol–water partition coefficient (Wildman–Crippen LogP) is 1.70. The first-order chi connectivity index (χ1) is 12.7. The summed E-state index contributed by atoms with van der Waals surface area (Å²) in [6.07, 6.45) is 4.53. The molecule has 0 bridgehead atoms. The van der Waals surface area contributed by atoms with E-state index in [1.165, 1.54) is 12.3 Å². The number of benzene rings is 2. The molecule has 1 aliphatic heterocycles. The molecule has 2 amide bonds. The third kappa shape index (κ3) is 4.94. The monoisotopic (exact) mass is 351 g/mol. The van der Waals surface area contributed by atoms with Crippen LogP contribution in [0.5, 0.6) is 11.5 Å². The summed E-state index contributed by atoms with van der Waals surface area (Å²) in [6.45, 7) is 0.0293. The maximum atomic E-state index is 11.7. The fraction of sp³-hybridized carbons (Fsp3) is 0.105. The number of carbonyl (C=O) groups excluding carboxylic acids is 2. The second-order valence-electron chi connectivity index (χ2n) is 5.37. The SMILES string of the molecule is O=C(/C=C/c1ccccc1)NCC(=O)N/N=C/c1ccc2c(c1)OCO2. The number of hydrogen-bond acceptors (Lipinski definition) is 5. The van der Waals surface area contributed by atoms with Gasteiger partial charge in [-0.05, 0) is 35.4 Å². The highest BCUT2D eigenvalue weighted by Crippen LogP contribution is 2.31. The van der Waals surface area contributed by atoms with Crippen LogP contribution in [0.15, 0.2) is 59.7 Å². The van der Waals surface area contributed by atoms with Gasteiger partial charge in [-0.15, -0.1) is 0 Å². The van der Waals surface area contributed by atoms with Crippen molar-refractivity contribution in [3.63, 3.8) is 0 Å². The summed E-state index contributed by atoms with van der Waals surface area (Å²) in [5.41, 5.74) is 4.00. The largest absolute Gasteiger partial charge is 0.454 e. The van der Waals surface area contributed by atoms with E-state index in [9.17, 15) is 9.59 Å². The summed E-state index contributed by atoms with van der Waals surface area (Å²) < 4.78 is 10.5. The highest BCUT2D eigenvalue weighted by atomic mass is 16.7. The summed E-state index contributed by atoms with van der Waals surface area (Å²) in [5.74, 6) is 0.530. The molecule has 0 atom stereocenters. The molecule has 0 saturated carbocycles. The Balaban J connectivity index is 1.41. The van der Waals surface area contributed by atoms with Crippen LogP contribution >= 0.6 is 0 Å². The summed E-state index contributed by atoms with van der Waals surface area (Å²) in [6, 6.07) is 14.7. The Labute approximate surface area is 150 Å². The van der Waals surface area contributed by atoms with Gasteiger partial charge >= 0.3 is 0 Å². The van der Waals surface area contributed by atoms with Crippen LogP contribution in [-0.2, 0) is 9.59 Å². The van der Waals surface area contributed by atoms with Crippen molar-refractivity contribution in [3.8, 4) is 11.5 Å². The van der Waals surface area contributed by atoms with Gasteiger partial charge in [0.25, 0.3) is 5.91 Å². The van der Waals surface area contributed by atoms with Crippen molar-refractivity contribution in [3.05, 3.63) is 65.7 Å². The van der Waals surface area contributed by atoms with Gasteiger partial charge < -0.3 is 14.8 Å². The molecule has 7 heteroatoms. The number of carbonyl (C=O) groups is 2. The summed E-state index contributed by atoms with van der Waals surface area (Å²) in [5, 5.41) is 6.34. The Morgan fingerprint density at radius 1 is 1.04 bits per heavy atom. The smallest absolute Gasteiger partial charge is 0.259 e. The van der Waals surface area contributed by atoms with Crippen LogP contribution in [0.25, 0.3) is 6.08 Å². The molecule has 1 aliphatic rings. The van der Waals surface area contributed by atoms with Gasteiger partial charge in [0.1, 0.15) is 0 Å². The van der Waals surface area contributed by atoms with E-state index in [0.29, 0.717) is 11.5 Å². The van der Waals surface area contributed by atoms with Gasteiger partial charge in [-0.3, -0.25) is 9.59 Å². The van der Waals surface area contributed by atoms with E-state index in [0.717, 1.165) is 11.1 Å². The molecule has 132 valence electrons. The molecule has 0 aromatic heterocycles. The fourth-order valence-electron chi connectivity index (χ4n) is 2.17. The lowest BCUT2D eigenvalue weighted by Crippen LogP contribution is -2.34. The average molecular weight is 351 g/mol. The lowest BCUT2D eigenvalue weighted by atomic mass is 10.2. The van der Waals surface area contributed by atoms with E-state index in [-0.39, 0.29) is 19.2 Å². The van der Waals surface area contributed by atoms with E-state index in [4.69, 9.17) is 9.47 Å². The average Bonchev–Trinajstić information content (AvgIpc) is 3.13. The predicted molar refractivity (Wildman–Crippen MR) is 96.8 cm³/mol. The maximum Gasteiger partial charge on any atom is 0.259 e. The van der Waals surface area contributed by atoms with Crippen LogP contribution < -0.4 is 20.2 Å². The fourth-order valence-corrected chi connectivity index (χ4v) is 2.17. The number of nitrogens with one attached hydrogen (secondary N) is 2. The lowest BCUT2D eigenvalue weighted by Gasteiger charge is -2.01. The zero-order chi connectivity index (χ0) is 18.2. The molecule has 0 unspecified atom stereocenters. The minimum absolute atomic E-state index is 0.170. The Morgan fingerprint density at radius 2 is 1.85 bits per heavy atom. The molecule has 0 aliphatic carbocycles. The van der Waals surface area contributed by atoms with Gasteiger partial charge in [0.2, 0.25) is 12.7 Å². The van der Waals surface area contributed by atoms with Gasteiger partial charge in [0, 0.05) is 6.08 Å². The second kappa shape index (κ2) is 8.48. The second-order valence-corrected chi connectivity index (χ2v) is 5.37. The van der Waals surface area contributed by atoms with E-state index in [1.54, 1.807) is 24.3 Å². The first kappa shape index (κ1) is 17.2. The molecule has 2 aromatic rings. The maximum absolute atomic E-state index is 11.7. The molecule has 3 rings (SSSR count). The van der Waals surface area contributed by atoms with Crippen molar-refractivity contribution >= 4 is 24.1 Å². The third-order valence-electron chi connectivity index (χ3n) is 3.45. The zero-order valence-electron chi connectivity index (χ0n) is 13.8. The molecule has 1 heterocycles. The van der Waals surface area contributed by atoms with Gasteiger partial charge in [0.05, 0.1) is 12.8 Å². The molecule has 0 spiro atoms. The van der Waals surface area contributed by atoms with E-state index < -0.39 is 5.91 Å². The van der Waals surface area contributed by atoms with Crippen LogP contribution in [0.2, 0.25) is 0 Å². The number of hydrogen-bond donors (Lipinski definition) is 2. The molecular formula is C19H17N3O4. The number of amides is 2. The molecule has 26 heavy (non-hydrogen) atoms. The van der Waals surface area contributed by atoms with E-state index in [2.05, 4.69) is 15.8 Å². The highest BCUT2D eigenvalue weighted by molar-refractivity contribution is 5.94. The topological polar surface area (TPSA) is 89.0 Å².